The van der Waals surface area contributed by atoms with Gasteiger partial charge in [0.15, 0.2) is 11.5 Å². The van der Waals surface area contributed by atoms with Crippen LogP contribution < -0.4 is 20.1 Å². The molecule has 8 heteroatoms. The van der Waals surface area contributed by atoms with Crippen LogP contribution in [0.4, 0.5) is 14.5 Å². The van der Waals surface area contributed by atoms with Gasteiger partial charge in [0.05, 0.1) is 0 Å². The van der Waals surface area contributed by atoms with Crippen molar-refractivity contribution in [1.82, 2.24) is 5.32 Å². The van der Waals surface area contributed by atoms with Gasteiger partial charge < -0.3 is 20.1 Å². The van der Waals surface area contributed by atoms with Crippen LogP contribution in [-0.2, 0) is 9.59 Å². The molecule has 1 aromatic rings. The predicted molar refractivity (Wildman–Crippen MR) is 73.7 cm³/mol. The maximum atomic E-state index is 12.9. The molecule has 1 aromatic carbocycles. The van der Waals surface area contributed by atoms with Crippen LogP contribution in [0.3, 0.4) is 0 Å². The SMILES string of the molecule is CC(=O)N[C@@H](C(=O)Nc1ccc2c(c1)OC(F)(F)O2)C(C)C. The molecule has 0 spiro atoms. The lowest BCUT2D eigenvalue weighted by molar-refractivity contribution is -0.286. The first-order valence-corrected chi connectivity index (χ1v) is 6.66. The van der Waals surface area contributed by atoms with Crippen molar-refractivity contribution in [3.8, 4) is 11.5 Å². The van der Waals surface area contributed by atoms with Crippen molar-refractivity contribution in [2.24, 2.45) is 5.92 Å². The molecule has 0 aliphatic carbocycles. The Kier molecular flexibility index (Phi) is 4.20. The number of alkyl halides is 2. The largest absolute Gasteiger partial charge is 0.586 e. The van der Waals surface area contributed by atoms with Crippen LogP contribution in [-0.4, -0.2) is 24.2 Å². The molecule has 22 heavy (non-hydrogen) atoms. The van der Waals surface area contributed by atoms with Gasteiger partial charge in [-0.3, -0.25) is 9.59 Å². The number of hydrogen-bond acceptors (Lipinski definition) is 4. The lowest BCUT2D eigenvalue weighted by atomic mass is 10.0. The lowest BCUT2D eigenvalue weighted by Gasteiger charge is -2.20. The Balaban J connectivity index is 2.11. The van der Waals surface area contributed by atoms with E-state index >= 15 is 0 Å². The van der Waals surface area contributed by atoms with E-state index in [1.807, 2.05) is 0 Å². The van der Waals surface area contributed by atoms with E-state index in [1.54, 1.807) is 13.8 Å². The molecule has 6 nitrogen and oxygen atoms in total. The molecule has 0 fully saturated rings. The van der Waals surface area contributed by atoms with Crippen molar-refractivity contribution < 1.29 is 27.8 Å². The highest BCUT2D eigenvalue weighted by Crippen LogP contribution is 2.42. The first-order valence-electron chi connectivity index (χ1n) is 6.66. The fourth-order valence-electron chi connectivity index (χ4n) is 2.00. The van der Waals surface area contributed by atoms with Gasteiger partial charge in [-0.15, -0.1) is 8.78 Å². The number of halogens is 2. The molecule has 1 aliphatic heterocycles. The summed E-state index contributed by atoms with van der Waals surface area (Å²) in [5.41, 5.74) is 0.265. The molecule has 1 atom stereocenters. The number of carbonyl (C=O) groups is 2. The molecule has 0 radical (unpaired) electrons. The van der Waals surface area contributed by atoms with Crippen molar-refractivity contribution in [1.29, 1.82) is 0 Å². The van der Waals surface area contributed by atoms with Crippen LogP contribution in [0, 0.1) is 5.92 Å². The molecule has 0 bridgehead atoms. The third-order valence-corrected chi connectivity index (χ3v) is 2.98. The maximum Gasteiger partial charge on any atom is 0.586 e. The van der Waals surface area contributed by atoms with E-state index in [-0.39, 0.29) is 29.0 Å². The number of carbonyl (C=O) groups excluding carboxylic acids is 2. The highest BCUT2D eigenvalue weighted by atomic mass is 19.3. The highest BCUT2D eigenvalue weighted by molar-refractivity contribution is 5.97. The third-order valence-electron chi connectivity index (χ3n) is 2.98. The summed E-state index contributed by atoms with van der Waals surface area (Å²) in [4.78, 5) is 23.3. The molecule has 120 valence electrons. The number of anilines is 1. The Hall–Kier alpha value is -2.38. The van der Waals surface area contributed by atoms with Gasteiger partial charge in [0.2, 0.25) is 11.8 Å². The molecule has 1 heterocycles. The maximum absolute atomic E-state index is 12.9. The normalized spacial score (nSPS) is 16.3. The summed E-state index contributed by atoms with van der Waals surface area (Å²) in [7, 11) is 0. The molecular weight excluding hydrogens is 298 g/mol. The zero-order valence-electron chi connectivity index (χ0n) is 12.3. The minimum absolute atomic E-state index is 0.106. The van der Waals surface area contributed by atoms with E-state index in [1.165, 1.54) is 25.1 Å². The fraction of sp³-hybridized carbons (Fsp3) is 0.429. The quantitative estimate of drug-likeness (QED) is 0.892. The summed E-state index contributed by atoms with van der Waals surface area (Å²) >= 11 is 0. The molecule has 0 aromatic heterocycles. The standard InChI is InChI=1S/C14H16F2N2O4/c1-7(2)12(17-8(3)19)13(20)18-9-4-5-10-11(6-9)22-14(15,16)21-10/h4-7,12H,1-3H3,(H,17,19)(H,18,20)/t12-/m1/s1. The first kappa shape index (κ1) is 16.0. The first-order chi connectivity index (χ1) is 10.2. The van der Waals surface area contributed by atoms with Crippen LogP contribution in [0.15, 0.2) is 18.2 Å². The van der Waals surface area contributed by atoms with Crippen molar-refractivity contribution in [2.45, 2.75) is 33.1 Å². The zero-order chi connectivity index (χ0) is 16.5. The van der Waals surface area contributed by atoms with Gasteiger partial charge in [0, 0.05) is 18.7 Å². The summed E-state index contributed by atoms with van der Waals surface area (Å²) in [6.45, 7) is 4.87. The predicted octanol–water partition coefficient (Wildman–Crippen LogP) is 2.11. The highest BCUT2D eigenvalue weighted by Gasteiger charge is 2.43. The van der Waals surface area contributed by atoms with E-state index in [0.717, 1.165) is 0 Å². The average Bonchev–Trinajstić information content (AvgIpc) is 2.68. The van der Waals surface area contributed by atoms with Crippen LogP contribution in [0.5, 0.6) is 11.5 Å². The number of fused-ring (bicyclic) bond motifs is 1. The monoisotopic (exact) mass is 314 g/mol. The number of benzene rings is 1. The van der Waals surface area contributed by atoms with E-state index in [9.17, 15) is 18.4 Å². The Labute approximate surface area is 125 Å². The second kappa shape index (κ2) is 5.78. The average molecular weight is 314 g/mol. The van der Waals surface area contributed by atoms with E-state index < -0.39 is 18.2 Å². The summed E-state index contributed by atoms with van der Waals surface area (Å²) in [6.07, 6.45) is -3.71. The topological polar surface area (TPSA) is 76.7 Å². The summed E-state index contributed by atoms with van der Waals surface area (Å²) in [6, 6.07) is 3.19. The number of ether oxygens (including phenoxy) is 2. The molecule has 2 rings (SSSR count). The number of rotatable bonds is 4. The van der Waals surface area contributed by atoms with Gasteiger partial charge in [-0.05, 0) is 18.1 Å². The molecular formula is C14H16F2N2O4. The van der Waals surface area contributed by atoms with Crippen molar-refractivity contribution >= 4 is 17.5 Å². The minimum atomic E-state index is -3.71. The zero-order valence-corrected chi connectivity index (χ0v) is 12.3. The van der Waals surface area contributed by atoms with Crippen molar-refractivity contribution in [2.75, 3.05) is 5.32 Å². The van der Waals surface area contributed by atoms with Gasteiger partial charge in [-0.2, -0.15) is 0 Å². The molecule has 2 amide bonds. The molecule has 2 N–H and O–H groups in total. The molecule has 1 aliphatic rings. The summed E-state index contributed by atoms with van der Waals surface area (Å²) in [5, 5.41) is 5.09. The Morgan fingerprint density at radius 1 is 1.18 bits per heavy atom. The number of amides is 2. The lowest BCUT2D eigenvalue weighted by Crippen LogP contribution is -2.46. The second-order valence-electron chi connectivity index (χ2n) is 5.24. The Morgan fingerprint density at radius 2 is 1.82 bits per heavy atom. The molecule has 0 saturated carbocycles. The van der Waals surface area contributed by atoms with Gasteiger partial charge in [0.1, 0.15) is 6.04 Å². The van der Waals surface area contributed by atoms with Crippen LogP contribution in [0.1, 0.15) is 20.8 Å². The summed E-state index contributed by atoms with van der Waals surface area (Å²) in [5.74, 6) is -1.19. The minimum Gasteiger partial charge on any atom is -0.395 e. The molecule has 0 unspecified atom stereocenters. The van der Waals surface area contributed by atoms with Crippen molar-refractivity contribution in [3.05, 3.63) is 18.2 Å². The van der Waals surface area contributed by atoms with Crippen LogP contribution in [0.25, 0.3) is 0 Å². The number of hydrogen-bond donors (Lipinski definition) is 2. The van der Waals surface area contributed by atoms with Crippen LogP contribution >= 0.6 is 0 Å². The molecule has 0 saturated heterocycles. The van der Waals surface area contributed by atoms with E-state index in [0.29, 0.717) is 0 Å². The van der Waals surface area contributed by atoms with Gasteiger partial charge in [0.25, 0.3) is 0 Å². The fourth-order valence-corrected chi connectivity index (χ4v) is 2.00. The second-order valence-corrected chi connectivity index (χ2v) is 5.24. The smallest absolute Gasteiger partial charge is 0.395 e. The van der Waals surface area contributed by atoms with Gasteiger partial charge in [-0.25, -0.2) is 0 Å². The van der Waals surface area contributed by atoms with Gasteiger partial charge >= 0.3 is 6.29 Å². The van der Waals surface area contributed by atoms with E-state index in [2.05, 4.69) is 20.1 Å². The number of nitrogens with one attached hydrogen (secondary N) is 2. The summed E-state index contributed by atoms with van der Waals surface area (Å²) < 4.78 is 34.4. The Morgan fingerprint density at radius 3 is 2.41 bits per heavy atom. The van der Waals surface area contributed by atoms with Crippen LogP contribution in [0.2, 0.25) is 0 Å². The van der Waals surface area contributed by atoms with Crippen molar-refractivity contribution in [3.63, 3.8) is 0 Å². The Bertz CT molecular complexity index is 605. The van der Waals surface area contributed by atoms with E-state index in [4.69, 9.17) is 0 Å². The van der Waals surface area contributed by atoms with Gasteiger partial charge in [-0.1, -0.05) is 13.8 Å². The third kappa shape index (κ3) is 3.63.